The number of nitrogens with zero attached hydrogens (tertiary/aromatic N) is 2. The van der Waals surface area contributed by atoms with Gasteiger partial charge in [-0.2, -0.15) is 0 Å². The Kier molecular flexibility index (Phi) is 19.5. The molecule has 0 fully saturated rings. The number of hydrogen-bond acceptors (Lipinski definition) is 8. The summed E-state index contributed by atoms with van der Waals surface area (Å²) >= 11 is 0. The van der Waals surface area contributed by atoms with Crippen LogP contribution in [0.3, 0.4) is 0 Å². The molecule has 0 unspecified atom stereocenters. The van der Waals surface area contributed by atoms with E-state index < -0.39 is 11.9 Å². The summed E-state index contributed by atoms with van der Waals surface area (Å²) in [7, 11) is 0. The number of aliphatic imine (C=N–C) groups is 2. The van der Waals surface area contributed by atoms with Crippen LogP contribution in [-0.4, -0.2) is 34.6 Å². The van der Waals surface area contributed by atoms with Crippen molar-refractivity contribution in [1.82, 2.24) is 0 Å². The summed E-state index contributed by atoms with van der Waals surface area (Å²) in [5.41, 5.74) is 7.40. The van der Waals surface area contributed by atoms with Crippen LogP contribution in [0.1, 0.15) is 126 Å². The van der Waals surface area contributed by atoms with E-state index in [9.17, 15) is 10.2 Å². The molecule has 4 aromatic rings. The maximum atomic E-state index is 11.1. The number of phenols is 2. The predicted octanol–water partition coefficient (Wildman–Crippen LogP) is 8.19. The molecule has 0 aliphatic carbocycles. The molecule has 2 N–H and O–H groups in total. The van der Waals surface area contributed by atoms with Gasteiger partial charge in [-0.1, -0.05) is 90.8 Å². The molecule has 0 spiro atoms. The number of aryl methyl sites for hydroxylation is 2. The van der Waals surface area contributed by atoms with Gasteiger partial charge >= 0.3 is 16.8 Å². The fraction of sp³-hybridized carbons (Fsp3) is 0.381. The van der Waals surface area contributed by atoms with Gasteiger partial charge in [0.2, 0.25) is 0 Å². The Morgan fingerprint density at radius 1 is 0.686 bits per heavy atom. The number of aliphatic carboxylic acids is 2. The molecule has 275 valence electrons. The molecular weight excluding hydrogens is 687 g/mol. The third kappa shape index (κ3) is 14.4. The van der Waals surface area contributed by atoms with Gasteiger partial charge in [-0.05, 0) is 103 Å². The molecule has 0 atom stereocenters. The third-order valence-electron chi connectivity index (χ3n) is 7.89. The first-order valence-electron chi connectivity index (χ1n) is 17.4. The van der Waals surface area contributed by atoms with Crippen molar-refractivity contribution in [3.05, 3.63) is 94.0 Å². The Hall–Kier alpha value is -4.47. The van der Waals surface area contributed by atoms with Crippen molar-refractivity contribution in [3.63, 3.8) is 0 Å². The molecular formula is C42H52CoN2O6. The summed E-state index contributed by atoms with van der Waals surface area (Å²) in [6.45, 7) is 14.8. The van der Waals surface area contributed by atoms with Crippen molar-refractivity contribution in [2.24, 2.45) is 9.98 Å². The van der Waals surface area contributed by atoms with Gasteiger partial charge in [0.1, 0.15) is 11.5 Å². The summed E-state index contributed by atoms with van der Waals surface area (Å²) in [6, 6.07) is 20.5. The van der Waals surface area contributed by atoms with Crippen LogP contribution in [0, 0.1) is 0 Å². The Balaban J connectivity index is 0.00000131. The van der Waals surface area contributed by atoms with Crippen molar-refractivity contribution in [2.45, 2.75) is 106 Å². The van der Waals surface area contributed by atoms with Crippen LogP contribution in [0.25, 0.3) is 10.8 Å². The molecule has 51 heavy (non-hydrogen) atoms. The minimum atomic E-state index is -1.08. The first-order chi connectivity index (χ1) is 23.7. The average Bonchev–Trinajstić information content (AvgIpc) is 3.05. The zero-order chi connectivity index (χ0) is 37.4. The summed E-state index contributed by atoms with van der Waals surface area (Å²) in [4.78, 5) is 27.6. The first kappa shape index (κ1) is 44.5. The predicted molar refractivity (Wildman–Crippen MR) is 201 cm³/mol. The molecule has 0 aliphatic rings. The molecule has 0 aliphatic heterocycles. The molecule has 4 aromatic carbocycles. The van der Waals surface area contributed by atoms with E-state index >= 15 is 0 Å². The monoisotopic (exact) mass is 739 g/mol. The fourth-order valence-corrected chi connectivity index (χ4v) is 5.41. The maximum Gasteiger partial charge on any atom is 2.00 e. The molecule has 0 saturated heterocycles. The Morgan fingerprint density at radius 2 is 1.04 bits per heavy atom. The third-order valence-corrected chi connectivity index (χ3v) is 7.89. The van der Waals surface area contributed by atoms with Crippen molar-refractivity contribution < 1.29 is 46.8 Å². The van der Waals surface area contributed by atoms with Crippen LogP contribution in [0.2, 0.25) is 0 Å². The van der Waals surface area contributed by atoms with E-state index in [0.717, 1.165) is 96.8 Å². The number of hydrogen-bond donors (Lipinski definition) is 2. The van der Waals surface area contributed by atoms with Gasteiger partial charge in [-0.3, -0.25) is 9.98 Å². The Bertz CT molecular complexity index is 1660. The average molecular weight is 740 g/mol. The quantitative estimate of drug-likeness (QED) is 0.140. The van der Waals surface area contributed by atoms with E-state index in [4.69, 9.17) is 29.8 Å². The zero-order valence-corrected chi connectivity index (χ0v) is 32.1. The molecule has 9 heteroatoms. The van der Waals surface area contributed by atoms with Crippen LogP contribution in [0.5, 0.6) is 11.5 Å². The minimum absolute atomic E-state index is 0. The number of carbonyl (C=O) groups excluding carboxylic acids is 2. The van der Waals surface area contributed by atoms with Gasteiger partial charge in [0.25, 0.3) is 0 Å². The SMILES string of the molecule is CC(=O)[O-].CC(=O)[O-].CCCCc1cc(C=Nc2cccc3cccc(N=Cc4cc(CCCC)cc(C(C)C)c4O)c23)c(O)c(C(C)C)c1.[Co+2]. The zero-order valence-electron chi connectivity index (χ0n) is 31.1. The van der Waals surface area contributed by atoms with E-state index in [2.05, 4.69) is 77.9 Å². The van der Waals surface area contributed by atoms with Gasteiger partial charge in [-0.25, -0.2) is 0 Å². The smallest absolute Gasteiger partial charge is 0.550 e. The number of fused-ring (bicyclic) bond motifs is 1. The van der Waals surface area contributed by atoms with Crippen molar-refractivity contribution >= 4 is 46.5 Å². The molecule has 0 saturated carbocycles. The van der Waals surface area contributed by atoms with E-state index in [1.54, 1.807) is 12.4 Å². The van der Waals surface area contributed by atoms with E-state index in [1.807, 2.05) is 24.3 Å². The fourth-order valence-electron chi connectivity index (χ4n) is 5.41. The maximum absolute atomic E-state index is 11.1. The van der Waals surface area contributed by atoms with Crippen LogP contribution in [-0.2, 0) is 39.2 Å². The van der Waals surface area contributed by atoms with E-state index in [1.165, 1.54) is 11.1 Å². The number of phenolic OH excluding ortho intramolecular Hbond substituents is 2. The number of unbranched alkanes of at least 4 members (excludes halogenated alkanes) is 2. The first-order valence-corrected chi connectivity index (χ1v) is 17.4. The summed E-state index contributed by atoms with van der Waals surface area (Å²) in [5.74, 6) is -1.14. The number of carboxylic acids is 2. The van der Waals surface area contributed by atoms with Crippen LogP contribution in [0.15, 0.2) is 70.6 Å². The number of aromatic hydroxyl groups is 2. The molecule has 1 radical (unpaired) electrons. The van der Waals surface area contributed by atoms with Gasteiger partial charge in [0.15, 0.2) is 0 Å². The van der Waals surface area contributed by atoms with E-state index in [-0.39, 0.29) is 28.6 Å². The van der Waals surface area contributed by atoms with Gasteiger partial charge in [-0.15, -0.1) is 0 Å². The minimum Gasteiger partial charge on any atom is -0.550 e. The molecule has 0 bridgehead atoms. The number of carbonyl (C=O) groups is 2. The topological polar surface area (TPSA) is 145 Å². The van der Waals surface area contributed by atoms with Crippen LogP contribution < -0.4 is 10.2 Å². The Morgan fingerprint density at radius 3 is 1.35 bits per heavy atom. The van der Waals surface area contributed by atoms with E-state index in [0.29, 0.717) is 11.5 Å². The summed E-state index contributed by atoms with van der Waals surface area (Å²) < 4.78 is 0. The molecule has 4 rings (SSSR count). The number of rotatable bonds is 12. The largest absolute Gasteiger partial charge is 2.00 e. The standard InChI is InChI=1S/C38H46N2O2.2C2H4O2.Co/c1-7-9-13-27-19-30(37(41)32(21-27)25(3)4)23-39-34-17-11-15-29-16-12-18-35(36(29)34)40-24-31-20-28(14-10-8-2)22-33(26(5)6)38(31)42;2*1-2(3)4;/h11-12,15-26,41-42H,7-10,13-14H2,1-6H3;2*1H3,(H,3,4);/q;;;+2/p-2. The van der Waals surface area contributed by atoms with Crippen LogP contribution in [0.4, 0.5) is 11.4 Å². The second-order valence-electron chi connectivity index (χ2n) is 12.9. The normalized spacial score (nSPS) is 10.9. The molecule has 0 amide bonds. The second-order valence-corrected chi connectivity index (χ2v) is 12.9. The van der Waals surface area contributed by atoms with Gasteiger partial charge in [0, 0.05) is 40.9 Å². The van der Waals surface area contributed by atoms with Crippen molar-refractivity contribution in [3.8, 4) is 11.5 Å². The summed E-state index contributed by atoms with van der Waals surface area (Å²) in [5, 5.41) is 41.9. The van der Waals surface area contributed by atoms with Gasteiger partial charge in [0.05, 0.1) is 11.4 Å². The van der Waals surface area contributed by atoms with Gasteiger partial charge < -0.3 is 30.0 Å². The van der Waals surface area contributed by atoms with Crippen molar-refractivity contribution in [2.75, 3.05) is 0 Å². The molecule has 0 heterocycles. The second kappa shape index (κ2) is 22.4. The molecule has 8 nitrogen and oxygen atoms in total. The number of benzene rings is 4. The van der Waals surface area contributed by atoms with Crippen LogP contribution >= 0.6 is 0 Å². The molecule has 0 aromatic heterocycles. The Labute approximate surface area is 313 Å². The van der Waals surface area contributed by atoms with Crippen molar-refractivity contribution in [1.29, 1.82) is 0 Å². The summed E-state index contributed by atoms with van der Waals surface area (Å²) in [6.07, 6.45) is 10.00. The number of carboxylic acid groups (broad SMARTS) is 2.